The van der Waals surface area contributed by atoms with Crippen LogP contribution in [0, 0.1) is 13.8 Å². The summed E-state index contributed by atoms with van der Waals surface area (Å²) in [5, 5.41) is 3.06. The third kappa shape index (κ3) is 5.65. The first-order chi connectivity index (χ1) is 13.5. The summed E-state index contributed by atoms with van der Waals surface area (Å²) in [6.07, 6.45) is -0.304. The summed E-state index contributed by atoms with van der Waals surface area (Å²) in [6, 6.07) is 2.83. The lowest BCUT2D eigenvalue weighted by molar-refractivity contribution is -0.119. The number of benzene rings is 1. The number of carbonyl (C=O) groups is 3. The molecule has 0 aliphatic rings. The predicted octanol–water partition coefficient (Wildman–Crippen LogP) is 4.95. The van der Waals surface area contributed by atoms with Gasteiger partial charge in [0.25, 0.3) is 5.91 Å². The molecule has 1 aromatic heterocycles. The van der Waals surface area contributed by atoms with Gasteiger partial charge in [-0.3, -0.25) is 4.79 Å². The zero-order valence-corrected chi connectivity index (χ0v) is 18.4. The number of carbonyl (C=O) groups excluding carboxylic acids is 3. The van der Waals surface area contributed by atoms with Crippen LogP contribution in [-0.2, 0) is 14.3 Å². The first kappa shape index (κ1) is 23.1. The van der Waals surface area contributed by atoms with E-state index in [1.807, 2.05) is 0 Å². The van der Waals surface area contributed by atoms with E-state index in [-0.39, 0.29) is 33.1 Å². The summed E-state index contributed by atoms with van der Waals surface area (Å²) in [7, 11) is 0. The zero-order valence-electron chi connectivity index (χ0n) is 16.1. The van der Waals surface area contributed by atoms with Gasteiger partial charge in [0.05, 0.1) is 27.4 Å². The number of halogens is 3. The van der Waals surface area contributed by atoms with Crippen LogP contribution in [0.4, 0.5) is 5.69 Å². The van der Waals surface area contributed by atoms with Crippen molar-refractivity contribution in [2.75, 3.05) is 11.9 Å². The fraction of sp³-hybridized carbons (Fsp3) is 0.316. The molecule has 29 heavy (non-hydrogen) atoms. The van der Waals surface area contributed by atoms with Crippen LogP contribution in [0.15, 0.2) is 12.1 Å². The van der Waals surface area contributed by atoms with Crippen molar-refractivity contribution in [3.63, 3.8) is 0 Å². The molecule has 2 rings (SSSR count). The summed E-state index contributed by atoms with van der Waals surface area (Å²) in [6.45, 7) is 6.09. The van der Waals surface area contributed by atoms with E-state index in [2.05, 4.69) is 10.3 Å². The van der Waals surface area contributed by atoms with Gasteiger partial charge in [-0.15, -0.1) is 0 Å². The number of rotatable bonds is 6. The summed E-state index contributed by atoms with van der Waals surface area (Å²) in [4.78, 5) is 39.5. The Bertz CT molecular complexity index is 946. The van der Waals surface area contributed by atoms with Crippen LogP contribution >= 0.6 is 34.8 Å². The number of amides is 1. The van der Waals surface area contributed by atoms with Crippen molar-refractivity contribution < 1.29 is 23.9 Å². The van der Waals surface area contributed by atoms with Gasteiger partial charge >= 0.3 is 11.9 Å². The summed E-state index contributed by atoms with van der Waals surface area (Å²) in [5.41, 5.74) is 1.32. The van der Waals surface area contributed by atoms with Crippen LogP contribution in [0.5, 0.6) is 0 Å². The van der Waals surface area contributed by atoms with E-state index in [0.717, 1.165) is 0 Å². The number of hydrogen-bond donors (Lipinski definition) is 2. The maximum atomic E-state index is 12.4. The largest absolute Gasteiger partial charge is 0.459 e. The third-order valence-electron chi connectivity index (χ3n) is 3.79. The Morgan fingerprint density at radius 1 is 1.07 bits per heavy atom. The minimum absolute atomic E-state index is 0.0635. The van der Waals surface area contributed by atoms with Crippen molar-refractivity contribution in [1.82, 2.24) is 4.98 Å². The number of aromatic amines is 1. The maximum absolute atomic E-state index is 12.4. The number of aromatic nitrogens is 1. The molecule has 0 spiro atoms. The maximum Gasteiger partial charge on any atom is 0.355 e. The van der Waals surface area contributed by atoms with E-state index >= 15 is 0 Å². The number of anilines is 1. The molecule has 0 aliphatic heterocycles. The molecule has 0 atom stereocenters. The first-order valence-corrected chi connectivity index (χ1v) is 9.66. The minimum Gasteiger partial charge on any atom is -0.459 e. The highest BCUT2D eigenvalue weighted by atomic mass is 35.5. The monoisotopic (exact) mass is 460 g/mol. The van der Waals surface area contributed by atoms with Crippen molar-refractivity contribution in [3.05, 3.63) is 49.7 Å². The molecule has 1 amide bonds. The van der Waals surface area contributed by atoms with Gasteiger partial charge in [-0.1, -0.05) is 34.8 Å². The van der Waals surface area contributed by atoms with Crippen LogP contribution in [0.3, 0.4) is 0 Å². The lowest BCUT2D eigenvalue weighted by Gasteiger charge is -2.10. The summed E-state index contributed by atoms with van der Waals surface area (Å²) < 4.78 is 10.2. The quantitative estimate of drug-likeness (QED) is 0.593. The van der Waals surface area contributed by atoms with Crippen molar-refractivity contribution in [2.24, 2.45) is 0 Å². The van der Waals surface area contributed by atoms with E-state index in [9.17, 15) is 14.4 Å². The molecule has 0 unspecified atom stereocenters. The highest BCUT2D eigenvalue weighted by molar-refractivity contribution is 6.42. The second-order valence-electron chi connectivity index (χ2n) is 6.45. The fourth-order valence-corrected chi connectivity index (χ4v) is 3.49. The molecular formula is C19H19Cl3N2O5. The van der Waals surface area contributed by atoms with Crippen LogP contribution < -0.4 is 5.32 Å². The lowest BCUT2D eigenvalue weighted by atomic mass is 10.1. The number of H-pyrrole nitrogens is 1. The van der Waals surface area contributed by atoms with Crippen molar-refractivity contribution in [2.45, 2.75) is 33.8 Å². The number of nitrogens with one attached hydrogen (secondary N) is 2. The van der Waals surface area contributed by atoms with Gasteiger partial charge in [-0.25, -0.2) is 9.59 Å². The minimum atomic E-state index is -0.794. The second kappa shape index (κ2) is 9.52. The van der Waals surface area contributed by atoms with Crippen LogP contribution in [-0.4, -0.2) is 35.5 Å². The normalized spacial score (nSPS) is 10.8. The molecule has 2 N–H and O–H groups in total. The highest BCUT2D eigenvalue weighted by Crippen LogP contribution is 2.33. The average molecular weight is 462 g/mol. The molecule has 0 saturated heterocycles. The van der Waals surface area contributed by atoms with Gasteiger partial charge in [-0.2, -0.15) is 0 Å². The van der Waals surface area contributed by atoms with Gasteiger partial charge in [0.15, 0.2) is 6.61 Å². The smallest absolute Gasteiger partial charge is 0.355 e. The summed E-state index contributed by atoms with van der Waals surface area (Å²) >= 11 is 17.8. The van der Waals surface area contributed by atoms with E-state index in [1.165, 1.54) is 12.1 Å². The van der Waals surface area contributed by atoms with E-state index in [0.29, 0.717) is 16.3 Å². The molecule has 10 heteroatoms. The molecular weight excluding hydrogens is 443 g/mol. The van der Waals surface area contributed by atoms with E-state index in [4.69, 9.17) is 44.3 Å². The van der Waals surface area contributed by atoms with E-state index in [1.54, 1.807) is 27.7 Å². The fourth-order valence-electron chi connectivity index (χ4n) is 2.57. The average Bonchev–Trinajstić information content (AvgIpc) is 2.89. The number of aryl methyl sites for hydroxylation is 1. The lowest BCUT2D eigenvalue weighted by Crippen LogP contribution is -2.21. The Labute approximate surface area is 182 Å². The molecule has 0 aliphatic carbocycles. The Morgan fingerprint density at radius 2 is 1.66 bits per heavy atom. The molecule has 1 heterocycles. The first-order valence-electron chi connectivity index (χ1n) is 8.52. The van der Waals surface area contributed by atoms with Gasteiger partial charge < -0.3 is 19.8 Å². The molecule has 1 aromatic carbocycles. The molecule has 0 bridgehead atoms. The van der Waals surface area contributed by atoms with E-state index < -0.39 is 24.5 Å². The van der Waals surface area contributed by atoms with Gasteiger partial charge in [0.2, 0.25) is 0 Å². The molecule has 0 radical (unpaired) electrons. The molecule has 2 aromatic rings. The number of hydrogen-bond acceptors (Lipinski definition) is 5. The standard InChI is InChI=1S/C19H19Cl3N2O5/c1-8(2)29-18(26)15-9(3)16(23-10(15)4)19(27)28-7-14(25)24-17-12(21)5-11(20)6-13(17)22/h5-6,8,23H,7H2,1-4H3,(H,24,25). The Kier molecular flexibility index (Phi) is 7.57. The van der Waals surface area contributed by atoms with Crippen molar-refractivity contribution in [3.8, 4) is 0 Å². The van der Waals surface area contributed by atoms with Crippen molar-refractivity contribution >= 4 is 58.3 Å². The molecule has 7 nitrogen and oxygen atoms in total. The van der Waals surface area contributed by atoms with Gasteiger partial charge in [-0.05, 0) is 45.4 Å². The zero-order chi connectivity index (χ0) is 21.9. The van der Waals surface area contributed by atoms with Crippen LogP contribution in [0.1, 0.15) is 46.0 Å². The SMILES string of the molecule is Cc1[nH]c(C(=O)OCC(=O)Nc2c(Cl)cc(Cl)cc2Cl)c(C)c1C(=O)OC(C)C. The molecule has 156 valence electrons. The summed E-state index contributed by atoms with van der Waals surface area (Å²) in [5.74, 6) is -1.99. The number of ether oxygens (including phenoxy) is 2. The predicted molar refractivity (Wildman–Crippen MR) is 111 cm³/mol. The highest BCUT2D eigenvalue weighted by Gasteiger charge is 2.25. The van der Waals surface area contributed by atoms with Gasteiger partial charge in [0, 0.05) is 10.7 Å². The number of esters is 2. The second-order valence-corrected chi connectivity index (χ2v) is 7.70. The Balaban J connectivity index is 2.06. The van der Waals surface area contributed by atoms with Crippen molar-refractivity contribution in [1.29, 1.82) is 0 Å². The third-order valence-corrected chi connectivity index (χ3v) is 4.61. The van der Waals surface area contributed by atoms with Crippen LogP contribution in [0.2, 0.25) is 15.1 Å². The Hall–Kier alpha value is -2.22. The topological polar surface area (TPSA) is 97.5 Å². The molecule has 0 saturated carbocycles. The Morgan fingerprint density at radius 3 is 2.21 bits per heavy atom. The van der Waals surface area contributed by atoms with Gasteiger partial charge in [0.1, 0.15) is 5.69 Å². The molecule has 0 fully saturated rings. The van der Waals surface area contributed by atoms with Crippen LogP contribution in [0.25, 0.3) is 0 Å².